The number of hydrogen-bond acceptors (Lipinski definition) is 25. The van der Waals surface area contributed by atoms with Crippen LogP contribution in [0.5, 0.6) is 23.0 Å². The van der Waals surface area contributed by atoms with Crippen LogP contribution in [0.15, 0.2) is 101 Å². The number of nitrogens with one attached hydrogen (secondary N) is 1. The number of anilines is 1. The molecule has 0 amide bonds. The van der Waals surface area contributed by atoms with E-state index in [-0.39, 0.29) is 86.5 Å². The van der Waals surface area contributed by atoms with Gasteiger partial charge in [-0.25, -0.2) is 9.59 Å². The van der Waals surface area contributed by atoms with Crippen molar-refractivity contribution in [1.29, 1.82) is 10.5 Å². The molecular formula is C65H71N3O21S. The Balaban J connectivity index is 0.884. The van der Waals surface area contributed by atoms with E-state index in [1.165, 1.54) is 12.1 Å². The van der Waals surface area contributed by atoms with E-state index in [0.29, 0.717) is 80.6 Å². The summed E-state index contributed by atoms with van der Waals surface area (Å²) in [5.41, 5.74) is 1.58. The highest BCUT2D eigenvalue weighted by atomic mass is 32.2. The molecule has 0 aromatic heterocycles. The zero-order valence-corrected chi connectivity index (χ0v) is 51.0. The van der Waals surface area contributed by atoms with E-state index in [1.807, 2.05) is 12.1 Å². The molecule has 0 spiro atoms. The highest BCUT2D eigenvalue weighted by molar-refractivity contribution is 8.03. The number of nitriles is 2. The molecule has 24 nitrogen and oxygen atoms in total. The van der Waals surface area contributed by atoms with Crippen LogP contribution in [0.1, 0.15) is 109 Å². The van der Waals surface area contributed by atoms with Gasteiger partial charge in [0.25, 0.3) is 0 Å². The molecule has 2 aliphatic carbocycles. The standard InChI is InChI=1S/C65H71N3O21S/c1-6-53(69)84-40(4)37-81-39(3)36-82-57(73)28-26-55(71)79-32-30-42-8-20-49(21-9-42)86-62(75)44-12-16-46(17-13-44)64(77)88-51-24-25-52(60-59(51)68-61(90-60)48(34-66)35-67)89-65(78)47-18-14-45(15-19-47)63(76)87-50-22-10-43(11-23-50)31-33-80-56(72)27-29-58(74)83-38-41(5)85-54(70)7-2/h6-11,20-25,39-41,44-47,68H,1-2,12-19,26-33,36-38H2,3-5H3/t39?,40?,41?,44-,45-,46-,47-. The van der Waals surface area contributed by atoms with Gasteiger partial charge >= 0.3 is 59.7 Å². The van der Waals surface area contributed by atoms with E-state index >= 15 is 0 Å². The molecule has 1 aliphatic heterocycles. The van der Waals surface area contributed by atoms with Gasteiger partial charge in [-0.05, 0) is 120 Å². The van der Waals surface area contributed by atoms with Gasteiger partial charge in [0.05, 0.1) is 80.2 Å². The number of esters is 10. The summed E-state index contributed by atoms with van der Waals surface area (Å²) in [5.74, 6) is -6.97. The van der Waals surface area contributed by atoms with E-state index in [1.54, 1.807) is 69.3 Å². The average molecular weight is 1260 g/mol. The van der Waals surface area contributed by atoms with Gasteiger partial charge in [0.2, 0.25) is 0 Å². The van der Waals surface area contributed by atoms with Gasteiger partial charge in [0.15, 0.2) is 11.3 Å². The van der Waals surface area contributed by atoms with Crippen LogP contribution in [0.2, 0.25) is 0 Å². The molecule has 3 aromatic carbocycles. The topological polar surface area (TPSA) is 332 Å². The number of ether oxygens (including phenoxy) is 11. The van der Waals surface area contributed by atoms with Crippen LogP contribution in [0.25, 0.3) is 0 Å². The van der Waals surface area contributed by atoms with E-state index in [2.05, 4.69) is 18.5 Å². The number of carbonyl (C=O) groups is 10. The second-order valence-electron chi connectivity index (χ2n) is 21.3. The smallest absolute Gasteiger partial charge is 0.330 e. The third-order valence-corrected chi connectivity index (χ3v) is 15.5. The van der Waals surface area contributed by atoms with Crippen LogP contribution in [0.3, 0.4) is 0 Å². The molecular weight excluding hydrogens is 1190 g/mol. The molecule has 1 N–H and O–H groups in total. The third-order valence-electron chi connectivity index (χ3n) is 14.4. The summed E-state index contributed by atoms with van der Waals surface area (Å²) in [6.45, 7) is 11.5. The Bertz CT molecular complexity index is 3210. The van der Waals surface area contributed by atoms with Crippen LogP contribution in [0.4, 0.5) is 5.69 Å². The minimum absolute atomic E-state index is 0.0454. The van der Waals surface area contributed by atoms with Crippen molar-refractivity contribution in [3.63, 3.8) is 0 Å². The number of nitrogens with zero attached hydrogens (tertiary/aromatic N) is 2. The summed E-state index contributed by atoms with van der Waals surface area (Å²) in [6.07, 6.45) is 3.02. The van der Waals surface area contributed by atoms with Gasteiger partial charge in [0.1, 0.15) is 65.5 Å². The summed E-state index contributed by atoms with van der Waals surface area (Å²) in [6, 6.07) is 20.0. The number of carbonyl (C=O) groups excluding carboxylic acids is 10. The Morgan fingerprint density at radius 3 is 1.29 bits per heavy atom. The van der Waals surface area contributed by atoms with Gasteiger partial charge < -0.3 is 57.4 Å². The van der Waals surface area contributed by atoms with E-state index in [4.69, 9.17) is 52.1 Å². The third kappa shape index (κ3) is 22.7. The van der Waals surface area contributed by atoms with Gasteiger partial charge in [-0.2, -0.15) is 10.5 Å². The van der Waals surface area contributed by atoms with Gasteiger partial charge in [-0.1, -0.05) is 49.2 Å². The zero-order valence-electron chi connectivity index (χ0n) is 50.2. The minimum Gasteiger partial charge on any atom is -0.465 e. The number of allylic oxidation sites excluding steroid dienone is 1. The highest BCUT2D eigenvalue weighted by Gasteiger charge is 2.37. The molecule has 3 atom stereocenters. The summed E-state index contributed by atoms with van der Waals surface area (Å²) >= 11 is 0.972. The maximum Gasteiger partial charge on any atom is 0.330 e. The quantitative estimate of drug-likeness (QED) is 0.0207. The molecule has 1 heterocycles. The predicted molar refractivity (Wildman–Crippen MR) is 317 cm³/mol. The summed E-state index contributed by atoms with van der Waals surface area (Å²) < 4.78 is 59.3. The van der Waals surface area contributed by atoms with Crippen LogP contribution < -0.4 is 24.3 Å². The number of thioether (sulfide) groups is 1. The second-order valence-corrected chi connectivity index (χ2v) is 22.4. The van der Waals surface area contributed by atoms with Crippen molar-refractivity contribution in [2.75, 3.05) is 38.4 Å². The molecule has 0 bridgehead atoms. The molecule has 25 heteroatoms. The van der Waals surface area contributed by atoms with E-state index < -0.39 is 102 Å². The van der Waals surface area contributed by atoms with Gasteiger partial charge in [0, 0.05) is 25.0 Å². The van der Waals surface area contributed by atoms with Crippen LogP contribution >= 0.6 is 11.8 Å². The zero-order chi connectivity index (χ0) is 65.1. The maximum atomic E-state index is 13.7. The van der Waals surface area contributed by atoms with Crippen molar-refractivity contribution >= 4 is 77.1 Å². The van der Waals surface area contributed by atoms with Crippen LogP contribution in [0, 0.1) is 46.3 Å². The van der Waals surface area contributed by atoms with Crippen molar-refractivity contribution in [1.82, 2.24) is 0 Å². The molecule has 6 rings (SSSR count). The lowest BCUT2D eigenvalue weighted by molar-refractivity contribution is -0.156. The Labute approximate surface area is 524 Å². The Morgan fingerprint density at radius 1 is 0.511 bits per heavy atom. The van der Waals surface area contributed by atoms with E-state index in [9.17, 15) is 58.5 Å². The first kappa shape index (κ1) is 69.8. The number of hydrogen-bond donors (Lipinski definition) is 1. The lowest BCUT2D eigenvalue weighted by Crippen LogP contribution is -2.30. The first-order valence-corrected chi connectivity index (χ1v) is 30.2. The van der Waals surface area contributed by atoms with E-state index in [0.717, 1.165) is 35.0 Å². The van der Waals surface area contributed by atoms with Crippen molar-refractivity contribution in [3.8, 4) is 35.1 Å². The minimum atomic E-state index is -0.676. The Morgan fingerprint density at radius 2 is 0.878 bits per heavy atom. The van der Waals surface area contributed by atoms with Crippen LogP contribution in [-0.2, 0) is 93.9 Å². The molecule has 0 saturated heterocycles. The normalized spacial score (nSPS) is 17.4. The first-order chi connectivity index (χ1) is 43.2. The van der Waals surface area contributed by atoms with Crippen molar-refractivity contribution in [2.24, 2.45) is 23.7 Å². The number of fused-ring (bicyclic) bond motifs is 1. The fraction of sp³-hybridized carbons (Fsp3) is 0.446. The summed E-state index contributed by atoms with van der Waals surface area (Å²) in [7, 11) is 0. The number of rotatable bonds is 31. The largest absolute Gasteiger partial charge is 0.465 e. The molecule has 90 heavy (non-hydrogen) atoms. The molecule has 3 unspecified atom stereocenters. The molecule has 2 saturated carbocycles. The first-order valence-electron chi connectivity index (χ1n) is 29.4. The lowest BCUT2D eigenvalue weighted by Gasteiger charge is -2.26. The molecule has 3 aromatic rings. The average Bonchev–Trinajstić information content (AvgIpc) is 1.79. The van der Waals surface area contributed by atoms with Gasteiger partial charge in [-0.15, -0.1) is 0 Å². The Hall–Kier alpha value is -9.33. The van der Waals surface area contributed by atoms with Crippen molar-refractivity contribution < 1.29 is 100 Å². The molecule has 2 fully saturated rings. The van der Waals surface area contributed by atoms with Crippen molar-refractivity contribution in [2.45, 2.75) is 134 Å². The molecule has 478 valence electrons. The summed E-state index contributed by atoms with van der Waals surface area (Å²) in [5, 5.41) is 22.5. The second kappa shape index (κ2) is 35.6. The fourth-order valence-electron chi connectivity index (χ4n) is 9.36. The maximum absolute atomic E-state index is 13.7. The molecule has 3 aliphatic rings. The summed E-state index contributed by atoms with van der Waals surface area (Å²) in [4.78, 5) is 125. The van der Waals surface area contributed by atoms with Crippen LogP contribution in [-0.4, -0.2) is 111 Å². The molecule has 0 radical (unpaired) electrons. The predicted octanol–water partition coefficient (Wildman–Crippen LogP) is 8.56. The lowest BCUT2D eigenvalue weighted by atomic mass is 9.82. The fourth-order valence-corrected chi connectivity index (χ4v) is 10.4. The number of benzene rings is 3. The highest BCUT2D eigenvalue weighted by Crippen LogP contribution is 2.52. The van der Waals surface area contributed by atoms with Crippen molar-refractivity contribution in [3.05, 3.63) is 108 Å². The monoisotopic (exact) mass is 1260 g/mol. The SMILES string of the molecule is C=CC(=O)OC(C)COC(=O)CCC(=O)OCCc1ccc(OC(=O)[C@H]2CC[C@H](C(=O)Oc3ccc(OC(=O)[C@H]4CC[C@H](C(=O)Oc5ccc(CCOC(=O)CCC(=O)OCC(C)OCC(C)OC(=O)C=C)cc5)CC4)c4c3SC(=C(C#N)C#N)N4)CC2)cc1. The Kier molecular flexibility index (Phi) is 27.6. The van der Waals surface area contributed by atoms with Gasteiger partial charge in [-0.3, -0.25) is 38.4 Å².